The van der Waals surface area contributed by atoms with E-state index >= 15 is 0 Å². The van der Waals surface area contributed by atoms with Crippen molar-refractivity contribution in [3.8, 4) is 0 Å². The van der Waals surface area contributed by atoms with Gasteiger partial charge in [0.15, 0.2) is 0 Å². The van der Waals surface area contributed by atoms with Crippen LogP contribution in [-0.2, 0) is 0 Å². The van der Waals surface area contributed by atoms with Crippen LogP contribution in [0.1, 0.15) is 0 Å². The molecule has 1 N–H and O–H groups in total. The number of nitrogens with zero attached hydrogens (tertiary/aromatic N) is 1. The third kappa shape index (κ3) is 2.71. The lowest BCUT2D eigenvalue weighted by Crippen LogP contribution is -2.09. The quantitative estimate of drug-likeness (QED) is 0.875. The predicted molar refractivity (Wildman–Crippen MR) is 75.5 cm³/mol. The van der Waals surface area contributed by atoms with Crippen molar-refractivity contribution < 1.29 is 0 Å². The second-order valence-electron chi connectivity index (χ2n) is 3.84. The summed E-state index contributed by atoms with van der Waals surface area (Å²) in [6.45, 7) is 0. The highest BCUT2D eigenvalue weighted by atomic mass is 35.5. The highest BCUT2D eigenvalue weighted by molar-refractivity contribution is 6.30. The average molecular weight is 247 g/mol. The van der Waals surface area contributed by atoms with Crippen LogP contribution in [0, 0.1) is 0 Å². The Kier molecular flexibility index (Phi) is 3.55. The van der Waals surface area contributed by atoms with Gasteiger partial charge < -0.3 is 10.2 Å². The smallest absolute Gasteiger partial charge is 0.0428 e. The van der Waals surface area contributed by atoms with Gasteiger partial charge in [0, 0.05) is 36.2 Å². The average Bonchev–Trinajstić information content (AvgIpc) is 2.38. The Labute approximate surface area is 107 Å². The zero-order valence-corrected chi connectivity index (χ0v) is 10.7. The Bertz CT molecular complexity index is 511. The summed E-state index contributed by atoms with van der Waals surface area (Å²) in [4.78, 5) is 2.10. The Morgan fingerprint density at radius 2 is 1.65 bits per heavy atom. The number of rotatable bonds is 3. The highest BCUT2D eigenvalue weighted by Gasteiger charge is 2.04. The van der Waals surface area contributed by atoms with Gasteiger partial charge in [-0.05, 0) is 36.4 Å². The van der Waals surface area contributed by atoms with E-state index in [-0.39, 0.29) is 0 Å². The minimum atomic E-state index is 0.749. The van der Waals surface area contributed by atoms with E-state index in [1.54, 1.807) is 0 Å². The third-order valence-electron chi connectivity index (χ3n) is 2.72. The van der Waals surface area contributed by atoms with E-state index in [0.29, 0.717) is 0 Å². The van der Waals surface area contributed by atoms with Gasteiger partial charge >= 0.3 is 0 Å². The van der Waals surface area contributed by atoms with Crippen molar-refractivity contribution in [3.05, 3.63) is 53.6 Å². The van der Waals surface area contributed by atoms with Crippen molar-refractivity contribution in [1.29, 1.82) is 0 Å². The maximum atomic E-state index is 6.00. The van der Waals surface area contributed by atoms with Gasteiger partial charge in [-0.1, -0.05) is 23.7 Å². The van der Waals surface area contributed by atoms with E-state index in [1.165, 1.54) is 0 Å². The molecule has 2 aromatic rings. The maximum absolute atomic E-state index is 6.00. The van der Waals surface area contributed by atoms with Gasteiger partial charge in [-0.3, -0.25) is 0 Å². The second kappa shape index (κ2) is 5.11. The monoisotopic (exact) mass is 246 g/mol. The Morgan fingerprint density at radius 1 is 1.00 bits per heavy atom. The van der Waals surface area contributed by atoms with Crippen molar-refractivity contribution >= 4 is 28.7 Å². The molecule has 0 bridgehead atoms. The molecule has 0 spiro atoms. The van der Waals surface area contributed by atoms with E-state index < -0.39 is 0 Å². The summed E-state index contributed by atoms with van der Waals surface area (Å²) in [5, 5.41) is 3.88. The molecule has 2 rings (SSSR count). The Hall–Kier alpha value is -1.67. The summed E-state index contributed by atoms with van der Waals surface area (Å²) in [6, 6.07) is 16.1. The molecule has 0 heterocycles. The van der Waals surface area contributed by atoms with Crippen LogP contribution in [0.2, 0.25) is 5.02 Å². The van der Waals surface area contributed by atoms with Crippen LogP contribution in [0.5, 0.6) is 0 Å². The van der Waals surface area contributed by atoms with Gasteiger partial charge in [-0.15, -0.1) is 0 Å². The fourth-order valence-electron chi connectivity index (χ4n) is 1.70. The molecule has 0 radical (unpaired) electrons. The van der Waals surface area contributed by atoms with Crippen LogP contribution >= 0.6 is 11.6 Å². The molecule has 0 aliphatic rings. The van der Waals surface area contributed by atoms with Gasteiger partial charge in [0.1, 0.15) is 0 Å². The number of halogens is 1. The van der Waals surface area contributed by atoms with E-state index in [0.717, 1.165) is 22.1 Å². The lowest BCUT2D eigenvalue weighted by molar-refractivity contribution is 1.21. The molecule has 0 saturated carbocycles. The fraction of sp³-hybridized carbons (Fsp3) is 0.143. The van der Waals surface area contributed by atoms with Crippen molar-refractivity contribution in [2.75, 3.05) is 24.3 Å². The molecule has 0 fully saturated rings. The molecule has 2 aromatic carbocycles. The molecular formula is C14H15ClN2. The molecule has 88 valence electrons. The number of hydrogen-bond acceptors (Lipinski definition) is 2. The first-order valence-corrected chi connectivity index (χ1v) is 5.85. The van der Waals surface area contributed by atoms with Crippen LogP contribution in [0.15, 0.2) is 48.5 Å². The van der Waals surface area contributed by atoms with Crippen LogP contribution in [0.3, 0.4) is 0 Å². The number of nitrogens with one attached hydrogen (secondary N) is 1. The largest absolute Gasteiger partial charge is 0.388 e. The SMILES string of the molecule is CNc1cccc(N(C)c2cccc(Cl)c2)c1. The topological polar surface area (TPSA) is 15.3 Å². The van der Waals surface area contributed by atoms with Gasteiger partial charge in [0.2, 0.25) is 0 Å². The van der Waals surface area contributed by atoms with Gasteiger partial charge in [0.05, 0.1) is 0 Å². The normalized spacial score (nSPS) is 10.1. The summed E-state index contributed by atoms with van der Waals surface area (Å²) in [7, 11) is 3.94. The first kappa shape index (κ1) is 11.8. The molecule has 0 unspecified atom stereocenters. The van der Waals surface area contributed by atoms with Crippen LogP contribution in [-0.4, -0.2) is 14.1 Å². The molecule has 0 saturated heterocycles. The van der Waals surface area contributed by atoms with Crippen molar-refractivity contribution in [1.82, 2.24) is 0 Å². The molecule has 3 heteroatoms. The summed E-state index contributed by atoms with van der Waals surface area (Å²) >= 11 is 6.00. The molecule has 0 aliphatic heterocycles. The lowest BCUT2D eigenvalue weighted by Gasteiger charge is -2.20. The fourth-order valence-corrected chi connectivity index (χ4v) is 1.89. The second-order valence-corrected chi connectivity index (χ2v) is 4.28. The zero-order valence-electron chi connectivity index (χ0n) is 9.94. The Morgan fingerprint density at radius 3 is 2.29 bits per heavy atom. The molecular weight excluding hydrogens is 232 g/mol. The Balaban J connectivity index is 2.33. The van der Waals surface area contributed by atoms with E-state index in [2.05, 4.69) is 22.3 Å². The summed E-state index contributed by atoms with van der Waals surface area (Å²) in [5.41, 5.74) is 3.29. The molecule has 0 atom stereocenters. The minimum Gasteiger partial charge on any atom is -0.388 e. The molecule has 2 nitrogen and oxygen atoms in total. The first-order valence-electron chi connectivity index (χ1n) is 5.48. The van der Waals surface area contributed by atoms with Crippen molar-refractivity contribution in [3.63, 3.8) is 0 Å². The zero-order chi connectivity index (χ0) is 12.3. The number of anilines is 3. The molecule has 0 aliphatic carbocycles. The summed E-state index contributed by atoms with van der Waals surface area (Å²) in [5.74, 6) is 0. The minimum absolute atomic E-state index is 0.749. The van der Waals surface area contributed by atoms with Crippen LogP contribution in [0.25, 0.3) is 0 Å². The maximum Gasteiger partial charge on any atom is 0.0428 e. The van der Waals surface area contributed by atoms with Crippen LogP contribution in [0.4, 0.5) is 17.1 Å². The summed E-state index contributed by atoms with van der Waals surface area (Å²) in [6.07, 6.45) is 0. The highest BCUT2D eigenvalue weighted by Crippen LogP contribution is 2.27. The van der Waals surface area contributed by atoms with Gasteiger partial charge in [-0.25, -0.2) is 0 Å². The standard InChI is InChI=1S/C14H15ClN2/c1-16-12-6-4-8-14(10-12)17(2)13-7-3-5-11(15)9-13/h3-10,16H,1-2H3. The van der Waals surface area contributed by atoms with Gasteiger partial charge in [0.25, 0.3) is 0 Å². The molecule has 0 aromatic heterocycles. The lowest BCUT2D eigenvalue weighted by atomic mass is 10.2. The molecule has 0 amide bonds. The molecule has 17 heavy (non-hydrogen) atoms. The first-order chi connectivity index (χ1) is 8.20. The van der Waals surface area contributed by atoms with E-state index in [1.807, 2.05) is 50.5 Å². The predicted octanol–water partition coefficient (Wildman–Crippen LogP) is 4.15. The van der Waals surface area contributed by atoms with E-state index in [9.17, 15) is 0 Å². The number of benzene rings is 2. The van der Waals surface area contributed by atoms with Crippen molar-refractivity contribution in [2.45, 2.75) is 0 Å². The van der Waals surface area contributed by atoms with Crippen LogP contribution < -0.4 is 10.2 Å². The third-order valence-corrected chi connectivity index (χ3v) is 2.95. The van der Waals surface area contributed by atoms with Crippen molar-refractivity contribution in [2.24, 2.45) is 0 Å². The van der Waals surface area contributed by atoms with Gasteiger partial charge in [-0.2, -0.15) is 0 Å². The number of hydrogen-bond donors (Lipinski definition) is 1. The summed E-state index contributed by atoms with van der Waals surface area (Å²) < 4.78 is 0. The van der Waals surface area contributed by atoms with E-state index in [4.69, 9.17) is 11.6 Å².